The lowest BCUT2D eigenvalue weighted by atomic mass is 9.71. The molecule has 3 heteroatoms. The van der Waals surface area contributed by atoms with Crippen molar-refractivity contribution in [3.05, 3.63) is 162 Å². The van der Waals surface area contributed by atoms with Crippen molar-refractivity contribution in [3.63, 3.8) is 0 Å². The van der Waals surface area contributed by atoms with Crippen LogP contribution in [0.15, 0.2) is 146 Å². The van der Waals surface area contributed by atoms with Crippen LogP contribution in [0.1, 0.15) is 23.6 Å². The minimum atomic E-state index is -0.387. The van der Waals surface area contributed by atoms with Gasteiger partial charge in [-0.1, -0.05) is 97.1 Å². The molecule has 2 aromatic heterocycles. The standard InChI is InChI=1S/C37H28N2O/c1-37(28-13-7-3-8-14-28,29-15-9-4-10-16-29)30-21-22-38-36(24-30)39-34-20-17-27(26-11-5-2-6-12-26)23-33(34)32-19-18-31(40)25-35(32)39/h2-25,40H,1H3. The topological polar surface area (TPSA) is 38.0 Å². The molecule has 0 aliphatic carbocycles. The van der Waals surface area contributed by atoms with E-state index in [1.54, 1.807) is 6.07 Å². The summed E-state index contributed by atoms with van der Waals surface area (Å²) in [5.74, 6) is 1.04. The molecule has 0 atom stereocenters. The quantitative estimate of drug-likeness (QED) is 0.248. The fraction of sp³-hybridized carbons (Fsp3) is 0.0541. The molecule has 5 aromatic carbocycles. The summed E-state index contributed by atoms with van der Waals surface area (Å²) in [7, 11) is 0. The summed E-state index contributed by atoms with van der Waals surface area (Å²) in [5, 5.41) is 12.7. The number of rotatable bonds is 5. The van der Waals surface area contributed by atoms with E-state index in [1.165, 1.54) is 16.7 Å². The van der Waals surface area contributed by atoms with Crippen LogP contribution >= 0.6 is 0 Å². The number of fused-ring (bicyclic) bond motifs is 3. The van der Waals surface area contributed by atoms with Gasteiger partial charge in [0, 0.05) is 28.5 Å². The highest BCUT2D eigenvalue weighted by Crippen LogP contribution is 2.41. The third-order valence-electron chi connectivity index (χ3n) is 8.11. The number of pyridine rings is 1. The molecule has 3 nitrogen and oxygen atoms in total. The van der Waals surface area contributed by atoms with E-state index in [2.05, 4.69) is 127 Å². The molecule has 0 radical (unpaired) electrons. The smallest absolute Gasteiger partial charge is 0.137 e. The van der Waals surface area contributed by atoms with Crippen molar-refractivity contribution in [1.82, 2.24) is 9.55 Å². The van der Waals surface area contributed by atoms with Crippen LogP contribution in [-0.2, 0) is 5.41 Å². The van der Waals surface area contributed by atoms with Crippen LogP contribution in [0.5, 0.6) is 5.75 Å². The predicted molar refractivity (Wildman–Crippen MR) is 164 cm³/mol. The Morgan fingerprint density at radius 3 is 1.88 bits per heavy atom. The number of nitrogens with zero attached hydrogens (tertiary/aromatic N) is 2. The molecule has 7 aromatic rings. The van der Waals surface area contributed by atoms with Crippen LogP contribution in [0.4, 0.5) is 0 Å². The monoisotopic (exact) mass is 516 g/mol. The summed E-state index contributed by atoms with van der Waals surface area (Å²) in [6.45, 7) is 2.28. The number of phenolic OH excluding ortho intramolecular Hbond substituents is 1. The second-order valence-electron chi connectivity index (χ2n) is 10.4. The number of hydrogen-bond acceptors (Lipinski definition) is 2. The van der Waals surface area contributed by atoms with Gasteiger partial charge in [0.25, 0.3) is 0 Å². The molecule has 0 saturated carbocycles. The first-order chi connectivity index (χ1) is 19.6. The van der Waals surface area contributed by atoms with Gasteiger partial charge in [-0.2, -0.15) is 0 Å². The number of hydrogen-bond donors (Lipinski definition) is 1. The minimum Gasteiger partial charge on any atom is -0.508 e. The molecule has 7 rings (SSSR count). The van der Waals surface area contributed by atoms with E-state index < -0.39 is 0 Å². The summed E-state index contributed by atoms with van der Waals surface area (Å²) >= 11 is 0. The molecular formula is C37H28N2O. The Balaban J connectivity index is 1.47. The average Bonchev–Trinajstić information content (AvgIpc) is 3.34. The Labute approximate surface area is 233 Å². The lowest BCUT2D eigenvalue weighted by molar-refractivity contribution is 0.476. The first-order valence-corrected chi connectivity index (χ1v) is 13.5. The highest BCUT2D eigenvalue weighted by atomic mass is 16.3. The molecule has 40 heavy (non-hydrogen) atoms. The fourth-order valence-corrected chi connectivity index (χ4v) is 5.96. The Morgan fingerprint density at radius 2 is 1.20 bits per heavy atom. The van der Waals surface area contributed by atoms with Crippen molar-refractivity contribution in [3.8, 4) is 22.7 Å². The molecule has 0 fully saturated rings. The number of aromatic nitrogens is 2. The van der Waals surface area contributed by atoms with E-state index in [9.17, 15) is 5.11 Å². The van der Waals surface area contributed by atoms with Crippen molar-refractivity contribution in [2.45, 2.75) is 12.3 Å². The van der Waals surface area contributed by atoms with Gasteiger partial charge in [0.1, 0.15) is 11.6 Å². The largest absolute Gasteiger partial charge is 0.508 e. The second kappa shape index (κ2) is 9.55. The molecule has 0 bridgehead atoms. The van der Waals surface area contributed by atoms with E-state index in [0.29, 0.717) is 0 Å². The Kier molecular flexibility index (Phi) is 5.71. The van der Waals surface area contributed by atoms with E-state index >= 15 is 0 Å². The number of benzene rings is 5. The van der Waals surface area contributed by atoms with E-state index in [0.717, 1.165) is 38.8 Å². The van der Waals surface area contributed by atoms with Crippen LogP contribution in [0.3, 0.4) is 0 Å². The molecule has 0 amide bonds. The van der Waals surface area contributed by atoms with E-state index in [-0.39, 0.29) is 11.2 Å². The van der Waals surface area contributed by atoms with Gasteiger partial charge < -0.3 is 5.11 Å². The normalized spacial score (nSPS) is 11.7. The lowest BCUT2D eigenvalue weighted by Gasteiger charge is -2.32. The fourth-order valence-electron chi connectivity index (χ4n) is 5.96. The summed E-state index contributed by atoms with van der Waals surface area (Å²) in [4.78, 5) is 4.87. The van der Waals surface area contributed by atoms with Gasteiger partial charge >= 0.3 is 0 Å². The van der Waals surface area contributed by atoms with Gasteiger partial charge in [-0.3, -0.25) is 4.57 Å². The SMILES string of the molecule is CC(c1ccccc1)(c1ccccc1)c1ccnc(-n2c3ccc(-c4ccccc4)cc3c3ccc(O)cc32)c1. The lowest BCUT2D eigenvalue weighted by Crippen LogP contribution is -2.25. The molecule has 0 saturated heterocycles. The molecule has 0 aliphatic heterocycles. The minimum absolute atomic E-state index is 0.231. The van der Waals surface area contributed by atoms with Crippen LogP contribution in [0.2, 0.25) is 0 Å². The summed E-state index contributed by atoms with van der Waals surface area (Å²) in [5.41, 5.74) is 7.48. The second-order valence-corrected chi connectivity index (χ2v) is 10.4. The maximum atomic E-state index is 10.5. The zero-order valence-electron chi connectivity index (χ0n) is 22.2. The van der Waals surface area contributed by atoms with Gasteiger partial charge in [0.15, 0.2) is 0 Å². The van der Waals surface area contributed by atoms with Crippen molar-refractivity contribution in [1.29, 1.82) is 0 Å². The van der Waals surface area contributed by atoms with Crippen molar-refractivity contribution in [2.24, 2.45) is 0 Å². The highest BCUT2D eigenvalue weighted by Gasteiger charge is 2.31. The van der Waals surface area contributed by atoms with E-state index in [1.807, 2.05) is 24.4 Å². The summed E-state index contributed by atoms with van der Waals surface area (Å²) < 4.78 is 2.17. The Bertz CT molecular complexity index is 1920. The van der Waals surface area contributed by atoms with Crippen LogP contribution in [-0.4, -0.2) is 14.7 Å². The zero-order valence-corrected chi connectivity index (χ0v) is 22.2. The van der Waals surface area contributed by atoms with Gasteiger partial charge in [-0.15, -0.1) is 0 Å². The highest BCUT2D eigenvalue weighted by molar-refractivity contribution is 6.10. The summed E-state index contributed by atoms with van der Waals surface area (Å²) in [6.07, 6.45) is 1.90. The Hall–Kier alpha value is -5.15. The maximum absolute atomic E-state index is 10.5. The Morgan fingerprint density at radius 1 is 0.550 bits per heavy atom. The van der Waals surface area contributed by atoms with Crippen molar-refractivity contribution in [2.75, 3.05) is 0 Å². The molecule has 192 valence electrons. The first-order valence-electron chi connectivity index (χ1n) is 13.5. The molecule has 0 spiro atoms. The molecule has 0 aliphatic rings. The first kappa shape index (κ1) is 23.9. The third kappa shape index (κ3) is 3.87. The zero-order chi connectivity index (χ0) is 27.1. The van der Waals surface area contributed by atoms with Gasteiger partial charge in [-0.25, -0.2) is 4.98 Å². The third-order valence-corrected chi connectivity index (χ3v) is 8.11. The molecule has 0 unspecified atom stereocenters. The van der Waals surface area contributed by atoms with Crippen molar-refractivity contribution >= 4 is 21.8 Å². The van der Waals surface area contributed by atoms with Crippen molar-refractivity contribution < 1.29 is 5.11 Å². The maximum Gasteiger partial charge on any atom is 0.137 e. The predicted octanol–water partition coefficient (Wildman–Crippen LogP) is 8.91. The van der Waals surface area contributed by atoms with Gasteiger partial charge in [0.2, 0.25) is 0 Å². The number of phenols is 1. The molecular weight excluding hydrogens is 488 g/mol. The van der Waals surface area contributed by atoms with Gasteiger partial charge in [-0.05, 0) is 71.1 Å². The van der Waals surface area contributed by atoms with Crippen LogP contribution in [0, 0.1) is 0 Å². The van der Waals surface area contributed by atoms with E-state index in [4.69, 9.17) is 4.98 Å². The summed E-state index contributed by atoms with van der Waals surface area (Å²) in [6, 6.07) is 48.1. The molecule has 2 heterocycles. The number of aromatic hydroxyl groups is 1. The molecule has 1 N–H and O–H groups in total. The van der Waals surface area contributed by atoms with Crippen LogP contribution in [0.25, 0.3) is 38.8 Å². The van der Waals surface area contributed by atoms with Crippen LogP contribution < -0.4 is 0 Å². The average molecular weight is 517 g/mol. The van der Waals surface area contributed by atoms with Gasteiger partial charge in [0.05, 0.1) is 11.0 Å².